The van der Waals surface area contributed by atoms with E-state index in [2.05, 4.69) is 18.8 Å². The summed E-state index contributed by atoms with van der Waals surface area (Å²) >= 11 is 0. The van der Waals surface area contributed by atoms with Crippen molar-refractivity contribution in [1.82, 2.24) is 9.88 Å². The second-order valence-electron chi connectivity index (χ2n) is 5.20. The Kier molecular flexibility index (Phi) is 4.88. The highest BCUT2D eigenvalue weighted by atomic mass is 16.2. The van der Waals surface area contributed by atoms with Crippen LogP contribution in [0.25, 0.3) is 0 Å². The van der Waals surface area contributed by atoms with E-state index in [9.17, 15) is 4.79 Å². The number of pyridine rings is 1. The maximum atomic E-state index is 12.4. The number of hydrogen-bond donors (Lipinski definition) is 0. The number of amides is 1. The van der Waals surface area contributed by atoms with Gasteiger partial charge in [-0.1, -0.05) is 26.8 Å². The quantitative estimate of drug-likeness (QED) is 0.802. The summed E-state index contributed by atoms with van der Waals surface area (Å²) in [6, 6.07) is 5.91. The molecule has 0 aliphatic rings. The minimum atomic E-state index is -0.251. The number of aryl methyl sites for hydroxylation is 1. The molecule has 0 saturated heterocycles. The van der Waals surface area contributed by atoms with Crippen molar-refractivity contribution in [1.29, 1.82) is 0 Å². The van der Waals surface area contributed by atoms with Gasteiger partial charge in [-0.3, -0.25) is 9.78 Å². The Bertz CT molecular complexity index is 411. The van der Waals surface area contributed by atoms with Gasteiger partial charge in [-0.05, 0) is 31.9 Å². The van der Waals surface area contributed by atoms with Crippen molar-refractivity contribution in [3.63, 3.8) is 0 Å². The number of carbonyl (C=O) groups is 1. The van der Waals surface area contributed by atoms with Gasteiger partial charge in [0.2, 0.25) is 5.91 Å². The van der Waals surface area contributed by atoms with E-state index in [0.29, 0.717) is 6.54 Å². The Hall–Kier alpha value is -1.38. The topological polar surface area (TPSA) is 33.2 Å². The fourth-order valence-corrected chi connectivity index (χ4v) is 2.02. The Morgan fingerprint density at radius 1 is 1.33 bits per heavy atom. The van der Waals surface area contributed by atoms with E-state index >= 15 is 0 Å². The molecule has 0 saturated carbocycles. The molecule has 0 aliphatic carbocycles. The van der Waals surface area contributed by atoms with Gasteiger partial charge in [-0.2, -0.15) is 0 Å². The molecule has 0 atom stereocenters. The van der Waals surface area contributed by atoms with Crippen LogP contribution in [0.15, 0.2) is 18.2 Å². The monoisotopic (exact) mass is 248 g/mol. The van der Waals surface area contributed by atoms with Crippen molar-refractivity contribution in [2.45, 2.75) is 47.1 Å². The van der Waals surface area contributed by atoms with Crippen molar-refractivity contribution >= 4 is 5.91 Å². The zero-order valence-corrected chi connectivity index (χ0v) is 12.2. The van der Waals surface area contributed by atoms with Crippen LogP contribution >= 0.6 is 0 Å². The van der Waals surface area contributed by atoms with Crippen LogP contribution in [0.5, 0.6) is 0 Å². The summed E-state index contributed by atoms with van der Waals surface area (Å²) in [5.74, 6) is 0.204. The molecule has 0 radical (unpaired) electrons. The molecule has 0 unspecified atom stereocenters. The Morgan fingerprint density at radius 2 is 1.94 bits per heavy atom. The molecule has 0 N–H and O–H groups in total. The van der Waals surface area contributed by atoms with Crippen LogP contribution in [0.2, 0.25) is 0 Å². The minimum Gasteiger partial charge on any atom is -0.339 e. The van der Waals surface area contributed by atoms with Crippen LogP contribution in [-0.4, -0.2) is 22.8 Å². The van der Waals surface area contributed by atoms with Gasteiger partial charge in [0.1, 0.15) is 0 Å². The summed E-state index contributed by atoms with van der Waals surface area (Å²) in [5.41, 5.74) is 1.68. The molecule has 0 fully saturated rings. The highest BCUT2D eigenvalue weighted by Gasteiger charge is 2.31. The van der Waals surface area contributed by atoms with E-state index < -0.39 is 0 Å². The molecule has 1 heterocycles. The van der Waals surface area contributed by atoms with Crippen LogP contribution < -0.4 is 0 Å². The van der Waals surface area contributed by atoms with Crippen LogP contribution in [0.3, 0.4) is 0 Å². The van der Waals surface area contributed by atoms with E-state index in [0.717, 1.165) is 24.2 Å². The molecule has 1 aromatic rings. The largest absolute Gasteiger partial charge is 0.339 e. The third-order valence-electron chi connectivity index (χ3n) is 3.77. The Labute approximate surface area is 110 Å². The molecular weight excluding hydrogens is 224 g/mol. The van der Waals surface area contributed by atoms with Crippen LogP contribution in [0.1, 0.15) is 45.0 Å². The molecule has 3 nitrogen and oxygen atoms in total. The zero-order valence-electron chi connectivity index (χ0n) is 12.2. The third-order valence-corrected chi connectivity index (χ3v) is 3.77. The van der Waals surface area contributed by atoms with Gasteiger partial charge in [0, 0.05) is 18.2 Å². The molecule has 1 rings (SSSR count). The average molecular weight is 248 g/mol. The van der Waals surface area contributed by atoms with Crippen molar-refractivity contribution in [2.24, 2.45) is 5.41 Å². The van der Waals surface area contributed by atoms with E-state index in [-0.39, 0.29) is 11.3 Å². The first-order valence-corrected chi connectivity index (χ1v) is 6.61. The molecule has 0 spiro atoms. The molecule has 1 aromatic heterocycles. The third kappa shape index (κ3) is 3.31. The summed E-state index contributed by atoms with van der Waals surface area (Å²) in [7, 11) is 1.86. The Balaban J connectivity index is 2.77. The summed E-state index contributed by atoms with van der Waals surface area (Å²) in [6.45, 7) is 8.72. The van der Waals surface area contributed by atoms with Gasteiger partial charge < -0.3 is 4.90 Å². The molecule has 18 heavy (non-hydrogen) atoms. The second-order valence-corrected chi connectivity index (χ2v) is 5.20. The van der Waals surface area contributed by atoms with Crippen molar-refractivity contribution in [3.05, 3.63) is 29.6 Å². The van der Waals surface area contributed by atoms with Crippen molar-refractivity contribution in [3.8, 4) is 0 Å². The Morgan fingerprint density at radius 3 is 2.44 bits per heavy atom. The lowest BCUT2D eigenvalue weighted by molar-refractivity contribution is -0.140. The van der Waals surface area contributed by atoms with Gasteiger partial charge in [-0.25, -0.2) is 0 Å². The van der Waals surface area contributed by atoms with Crippen LogP contribution in [-0.2, 0) is 11.3 Å². The average Bonchev–Trinajstić information content (AvgIpc) is 2.37. The first-order chi connectivity index (χ1) is 8.42. The highest BCUT2D eigenvalue weighted by molar-refractivity contribution is 5.81. The fraction of sp³-hybridized carbons (Fsp3) is 0.600. The maximum absolute atomic E-state index is 12.4. The normalized spacial score (nSPS) is 11.4. The molecular formula is C15H24N2O. The standard InChI is InChI=1S/C15H24N2O/c1-6-15(4,7-2)14(18)17(5)11-13-10-8-9-12(3)16-13/h8-10H,6-7,11H2,1-5H3. The lowest BCUT2D eigenvalue weighted by Crippen LogP contribution is -2.39. The molecule has 3 heteroatoms. The summed E-state index contributed by atoms with van der Waals surface area (Å²) in [6.07, 6.45) is 1.74. The fourth-order valence-electron chi connectivity index (χ4n) is 2.02. The van der Waals surface area contributed by atoms with Crippen LogP contribution in [0.4, 0.5) is 0 Å². The molecule has 0 bridgehead atoms. The minimum absolute atomic E-state index is 0.204. The maximum Gasteiger partial charge on any atom is 0.228 e. The lowest BCUT2D eigenvalue weighted by atomic mass is 9.83. The van der Waals surface area contributed by atoms with E-state index in [4.69, 9.17) is 0 Å². The summed E-state index contributed by atoms with van der Waals surface area (Å²) in [4.78, 5) is 18.6. The van der Waals surface area contributed by atoms with Gasteiger partial charge in [0.05, 0.1) is 12.2 Å². The predicted octanol–water partition coefficient (Wildman–Crippen LogP) is 3.17. The molecule has 0 aliphatic heterocycles. The smallest absolute Gasteiger partial charge is 0.228 e. The number of hydrogen-bond acceptors (Lipinski definition) is 2. The highest BCUT2D eigenvalue weighted by Crippen LogP contribution is 2.28. The predicted molar refractivity (Wildman–Crippen MR) is 74.1 cm³/mol. The van der Waals surface area contributed by atoms with E-state index in [1.807, 2.05) is 39.1 Å². The molecule has 0 aromatic carbocycles. The van der Waals surface area contributed by atoms with Gasteiger partial charge in [0.15, 0.2) is 0 Å². The van der Waals surface area contributed by atoms with Gasteiger partial charge >= 0.3 is 0 Å². The number of rotatable bonds is 5. The summed E-state index contributed by atoms with van der Waals surface area (Å²) in [5, 5.41) is 0. The number of nitrogens with zero attached hydrogens (tertiary/aromatic N) is 2. The lowest BCUT2D eigenvalue weighted by Gasteiger charge is -2.30. The second kappa shape index (κ2) is 5.98. The number of aromatic nitrogens is 1. The first-order valence-electron chi connectivity index (χ1n) is 6.61. The SMILES string of the molecule is CCC(C)(CC)C(=O)N(C)Cc1cccc(C)n1. The van der Waals surface area contributed by atoms with Crippen LogP contribution in [0, 0.1) is 12.3 Å². The number of carbonyl (C=O) groups excluding carboxylic acids is 1. The molecule has 1 amide bonds. The van der Waals surface area contributed by atoms with Gasteiger partial charge in [-0.15, -0.1) is 0 Å². The van der Waals surface area contributed by atoms with Gasteiger partial charge in [0.25, 0.3) is 0 Å². The molecule has 100 valence electrons. The zero-order chi connectivity index (χ0) is 13.8. The summed E-state index contributed by atoms with van der Waals surface area (Å²) < 4.78 is 0. The van der Waals surface area contributed by atoms with E-state index in [1.54, 1.807) is 4.90 Å². The first kappa shape index (κ1) is 14.7. The van der Waals surface area contributed by atoms with Crippen molar-refractivity contribution in [2.75, 3.05) is 7.05 Å². The van der Waals surface area contributed by atoms with Crippen molar-refractivity contribution < 1.29 is 4.79 Å². The van der Waals surface area contributed by atoms with E-state index in [1.165, 1.54) is 0 Å².